The number of hydrogen-bond acceptors (Lipinski definition) is 4. The van der Waals surface area contributed by atoms with Crippen LogP contribution in [0, 0.1) is 46.3 Å². The second-order valence-electron chi connectivity index (χ2n) is 15.1. The molecule has 8 rings (SSSR count). The van der Waals surface area contributed by atoms with Gasteiger partial charge in [-0.1, -0.05) is 98.2 Å². The molecular weight excluding hydrogens is 564 g/mol. The molecule has 0 amide bonds. The molecule has 0 radical (unpaired) electrons. The van der Waals surface area contributed by atoms with Crippen LogP contribution < -0.4 is 0 Å². The fraction of sp³-hybridized carbons (Fsp3) is 0.476. The Kier molecular flexibility index (Phi) is 6.71. The van der Waals surface area contributed by atoms with Crippen molar-refractivity contribution in [2.75, 3.05) is 28.2 Å². The van der Waals surface area contributed by atoms with Crippen LogP contribution in [0.3, 0.4) is 0 Å². The molecule has 6 aliphatic rings. The lowest BCUT2D eigenvalue weighted by Crippen LogP contribution is -2.48. The topological polar surface area (TPSA) is 40.6 Å². The summed E-state index contributed by atoms with van der Waals surface area (Å²) in [6.07, 6.45) is 9.43. The number of carbonyl (C=O) groups excluding carboxylic acids is 2. The quantitative estimate of drug-likeness (QED) is 0.357. The summed E-state index contributed by atoms with van der Waals surface area (Å²) in [5, 5.41) is 0. The van der Waals surface area contributed by atoms with Gasteiger partial charge in [0, 0.05) is 24.0 Å². The summed E-state index contributed by atoms with van der Waals surface area (Å²) in [6, 6.07) is 21.0. The molecule has 2 aromatic carbocycles. The Labute approximate surface area is 274 Å². The van der Waals surface area contributed by atoms with Crippen LogP contribution in [-0.2, 0) is 9.59 Å². The van der Waals surface area contributed by atoms with E-state index in [0.29, 0.717) is 24.4 Å². The zero-order chi connectivity index (χ0) is 31.9. The molecule has 4 nitrogen and oxygen atoms in total. The zero-order valence-electron chi connectivity index (χ0n) is 27.7. The first-order valence-electron chi connectivity index (χ1n) is 17.3. The third-order valence-electron chi connectivity index (χ3n) is 13.2. The number of likely N-dealkylation sites (N-methyl/N-ethyl adjacent to an activating group) is 2. The van der Waals surface area contributed by atoms with E-state index in [1.807, 2.05) is 12.1 Å². The van der Waals surface area contributed by atoms with E-state index in [-0.39, 0.29) is 11.8 Å². The second-order valence-corrected chi connectivity index (χ2v) is 15.1. The summed E-state index contributed by atoms with van der Waals surface area (Å²) in [5.41, 5.74) is 5.03. The molecule has 0 spiro atoms. The third kappa shape index (κ3) is 3.50. The predicted molar refractivity (Wildman–Crippen MR) is 183 cm³/mol. The molecule has 0 aliphatic heterocycles. The molecule has 0 saturated heterocycles. The van der Waals surface area contributed by atoms with Crippen LogP contribution >= 0.6 is 0 Å². The van der Waals surface area contributed by atoms with Gasteiger partial charge in [0.15, 0.2) is 0 Å². The number of benzene rings is 2. The highest BCUT2D eigenvalue weighted by molar-refractivity contribution is 6.09. The van der Waals surface area contributed by atoms with E-state index in [0.717, 1.165) is 84.8 Å². The van der Waals surface area contributed by atoms with Crippen LogP contribution in [0.1, 0.15) is 75.3 Å². The van der Waals surface area contributed by atoms with Gasteiger partial charge in [-0.2, -0.15) is 0 Å². The Hall–Kier alpha value is -3.70. The zero-order valence-corrected chi connectivity index (χ0v) is 27.7. The number of carbonyl (C=O) groups is 2. The molecule has 46 heavy (non-hydrogen) atoms. The van der Waals surface area contributed by atoms with Gasteiger partial charge in [0.05, 0.1) is 21.9 Å². The van der Waals surface area contributed by atoms with Crippen molar-refractivity contribution in [2.45, 2.75) is 75.3 Å². The molecular formula is C42H44N2O2. The lowest BCUT2D eigenvalue weighted by molar-refractivity contribution is -0.126. The van der Waals surface area contributed by atoms with Crippen LogP contribution in [0.2, 0.25) is 0 Å². The fourth-order valence-corrected chi connectivity index (χ4v) is 11.6. The van der Waals surface area contributed by atoms with Crippen molar-refractivity contribution in [3.63, 3.8) is 0 Å². The molecule has 234 valence electrons. The van der Waals surface area contributed by atoms with Gasteiger partial charge in [0.2, 0.25) is 0 Å². The first-order chi connectivity index (χ1) is 22.3. The van der Waals surface area contributed by atoms with E-state index in [1.165, 1.54) is 0 Å². The first kappa shape index (κ1) is 29.7. The van der Waals surface area contributed by atoms with Gasteiger partial charge in [0.25, 0.3) is 0 Å². The van der Waals surface area contributed by atoms with Crippen LogP contribution in [0.25, 0.3) is 11.1 Å². The molecule has 4 bridgehead atoms. The maximum atomic E-state index is 14.1. The number of allylic oxidation sites excluding steroid dienone is 2. The van der Waals surface area contributed by atoms with Gasteiger partial charge in [-0.05, 0) is 99.8 Å². The lowest BCUT2D eigenvalue weighted by atomic mass is 9.64. The SMILES string of the molecule is CN(C)[C@@]12CC(=O)[C@]3(CCCC[C@H]31)C(c1ccccc1)=C2C#CC#CC1=C(c2ccccc2)[C@]23CCCC[C@H]2[C@@]1(N(C)C)CC3=O. The Morgan fingerprint density at radius 1 is 0.587 bits per heavy atom. The van der Waals surface area contributed by atoms with Crippen molar-refractivity contribution in [3.8, 4) is 23.7 Å². The molecule has 0 aromatic heterocycles. The Balaban J connectivity index is 1.33. The normalized spacial score (nSPS) is 35.7. The fourth-order valence-electron chi connectivity index (χ4n) is 11.6. The highest BCUT2D eigenvalue weighted by Gasteiger charge is 2.73. The maximum absolute atomic E-state index is 14.1. The van der Waals surface area contributed by atoms with Gasteiger partial charge in [-0.15, -0.1) is 0 Å². The highest BCUT2D eigenvalue weighted by Crippen LogP contribution is 2.71. The molecule has 4 fully saturated rings. The standard InChI is InChI=1S/C42H44N2O2/c1-43(2)41-27-35(45)39(25-15-13-23-33(39)41)37(29-17-7-5-8-18-29)31(41)21-11-12-22-32-38(30-19-9-6-10-20-30)40-26-16-14-24-34(40)42(32,44(3)4)28-36(40)46/h5-10,17-20,33-34H,13-16,23-28H2,1-4H3/t33-,34-,39-,40-,41-,42-/m1/s1. The van der Waals surface area contributed by atoms with Gasteiger partial charge in [0.1, 0.15) is 11.6 Å². The minimum Gasteiger partial charge on any atom is -0.299 e. The maximum Gasteiger partial charge on any atom is 0.146 e. The summed E-state index contributed by atoms with van der Waals surface area (Å²) in [7, 11) is 8.52. The summed E-state index contributed by atoms with van der Waals surface area (Å²) in [4.78, 5) is 32.7. The smallest absolute Gasteiger partial charge is 0.146 e. The molecule has 0 heterocycles. The summed E-state index contributed by atoms with van der Waals surface area (Å²) in [6.45, 7) is 0. The second kappa shape index (κ2) is 10.4. The van der Waals surface area contributed by atoms with E-state index < -0.39 is 21.9 Å². The monoisotopic (exact) mass is 608 g/mol. The molecule has 4 heteroatoms. The van der Waals surface area contributed by atoms with Gasteiger partial charge in [-0.3, -0.25) is 19.4 Å². The van der Waals surface area contributed by atoms with Crippen molar-refractivity contribution >= 4 is 22.7 Å². The number of nitrogens with zero attached hydrogens (tertiary/aromatic N) is 2. The Morgan fingerprint density at radius 3 is 1.35 bits per heavy atom. The van der Waals surface area contributed by atoms with Crippen LogP contribution in [0.5, 0.6) is 0 Å². The van der Waals surface area contributed by atoms with Crippen molar-refractivity contribution < 1.29 is 9.59 Å². The number of ketones is 2. The largest absolute Gasteiger partial charge is 0.299 e. The predicted octanol–water partition coefficient (Wildman–Crippen LogP) is 6.83. The minimum absolute atomic E-state index is 0.243. The van der Waals surface area contributed by atoms with E-state index in [9.17, 15) is 9.59 Å². The lowest BCUT2D eigenvalue weighted by Gasteiger charge is -2.42. The molecule has 4 saturated carbocycles. The molecule has 2 aromatic rings. The molecule has 0 N–H and O–H groups in total. The van der Waals surface area contributed by atoms with E-state index in [4.69, 9.17) is 0 Å². The minimum atomic E-state index is -0.459. The molecule has 6 atom stereocenters. The van der Waals surface area contributed by atoms with Crippen molar-refractivity contribution in [1.29, 1.82) is 0 Å². The van der Waals surface area contributed by atoms with Gasteiger partial charge in [-0.25, -0.2) is 0 Å². The summed E-state index contributed by atoms with van der Waals surface area (Å²) in [5.74, 6) is 15.3. The van der Waals surface area contributed by atoms with Crippen LogP contribution in [0.15, 0.2) is 71.8 Å². The van der Waals surface area contributed by atoms with Crippen molar-refractivity contribution in [3.05, 3.63) is 82.9 Å². The third-order valence-corrected chi connectivity index (χ3v) is 13.2. The van der Waals surface area contributed by atoms with Gasteiger partial charge < -0.3 is 0 Å². The summed E-state index contributed by atoms with van der Waals surface area (Å²) >= 11 is 0. The van der Waals surface area contributed by atoms with Crippen molar-refractivity contribution in [1.82, 2.24) is 9.80 Å². The number of rotatable bonds is 4. The Bertz CT molecular complexity index is 1690. The number of Topliss-reactive ketones (excluding diaryl/α,β-unsaturated/α-hetero) is 2. The Morgan fingerprint density at radius 2 is 0.978 bits per heavy atom. The van der Waals surface area contributed by atoms with Crippen LogP contribution in [0.4, 0.5) is 0 Å². The number of hydrogen-bond donors (Lipinski definition) is 0. The molecule has 0 unspecified atom stereocenters. The van der Waals surface area contributed by atoms with E-state index in [1.54, 1.807) is 0 Å². The molecule has 6 aliphatic carbocycles. The van der Waals surface area contributed by atoms with Crippen molar-refractivity contribution in [2.24, 2.45) is 22.7 Å². The van der Waals surface area contributed by atoms with Gasteiger partial charge >= 0.3 is 0 Å². The first-order valence-corrected chi connectivity index (χ1v) is 17.3. The highest BCUT2D eigenvalue weighted by atomic mass is 16.1. The van der Waals surface area contributed by atoms with E-state index in [2.05, 4.69) is 110 Å². The van der Waals surface area contributed by atoms with Crippen LogP contribution in [-0.4, -0.2) is 60.6 Å². The average Bonchev–Trinajstić information content (AvgIpc) is 3.69. The average molecular weight is 609 g/mol. The summed E-state index contributed by atoms with van der Waals surface area (Å²) < 4.78 is 0. The van der Waals surface area contributed by atoms with E-state index >= 15 is 0 Å².